The van der Waals surface area contributed by atoms with Crippen molar-refractivity contribution in [1.82, 2.24) is 0 Å². The number of nitrogens with zero attached hydrogens (tertiary/aromatic N) is 3. The van der Waals surface area contributed by atoms with Crippen molar-refractivity contribution in [3.8, 4) is 0 Å². The van der Waals surface area contributed by atoms with Crippen molar-refractivity contribution in [1.29, 1.82) is 0 Å². The Morgan fingerprint density at radius 3 is 1.70 bits per heavy atom. The first-order valence-electron chi connectivity index (χ1n) is 16.0. The second-order valence-electron chi connectivity index (χ2n) is 12.4. The number of fused-ring (bicyclic) bond motifs is 8. The number of aryl methyl sites for hydroxylation is 2. The van der Waals surface area contributed by atoms with Crippen LogP contribution in [0.1, 0.15) is 11.1 Å². The second kappa shape index (κ2) is 10.4. The smallest absolute Gasteiger partial charge is 0.367 e. The fourth-order valence-electron chi connectivity index (χ4n) is 7.33. The maximum absolute atomic E-state index is 2.50. The van der Waals surface area contributed by atoms with E-state index in [-0.39, 0.29) is 6.98 Å². The SMILES string of the molecule is Cc1ccc(N(c2ccc(C)cc2)c2cc3c4ccccc4c(N4B5C=CC=CN5c5ccccc54)cc3c3ccccc23)cc1. The third-order valence-corrected chi connectivity index (χ3v) is 9.53. The third kappa shape index (κ3) is 4.07. The van der Waals surface area contributed by atoms with E-state index >= 15 is 0 Å². The molecule has 2 aliphatic heterocycles. The summed E-state index contributed by atoms with van der Waals surface area (Å²) >= 11 is 0. The predicted octanol–water partition coefficient (Wildman–Crippen LogP) is 11.3. The Balaban J connectivity index is 1.35. The number of para-hydroxylation sites is 2. The highest BCUT2D eigenvalue weighted by molar-refractivity contribution is 6.77. The first-order valence-corrected chi connectivity index (χ1v) is 16.0. The third-order valence-electron chi connectivity index (χ3n) is 9.53. The highest BCUT2D eigenvalue weighted by Crippen LogP contribution is 2.49. The highest BCUT2D eigenvalue weighted by atomic mass is 15.3. The van der Waals surface area contributed by atoms with E-state index in [4.69, 9.17) is 0 Å². The van der Waals surface area contributed by atoms with E-state index in [2.05, 4.69) is 186 Å². The van der Waals surface area contributed by atoms with Crippen molar-refractivity contribution in [3.63, 3.8) is 0 Å². The minimum Gasteiger partial charge on any atom is -0.367 e. The molecule has 218 valence electrons. The summed E-state index contributed by atoms with van der Waals surface area (Å²) < 4.78 is 0. The van der Waals surface area contributed by atoms with Crippen LogP contribution in [-0.4, -0.2) is 6.98 Å². The summed E-state index contributed by atoms with van der Waals surface area (Å²) in [5.74, 6) is 2.29. The molecule has 0 unspecified atom stereocenters. The van der Waals surface area contributed by atoms with Crippen molar-refractivity contribution in [2.75, 3.05) is 14.5 Å². The van der Waals surface area contributed by atoms with E-state index in [1.54, 1.807) is 0 Å². The minimum absolute atomic E-state index is 0.0763. The van der Waals surface area contributed by atoms with Gasteiger partial charge >= 0.3 is 6.98 Å². The maximum atomic E-state index is 2.50. The lowest BCUT2D eigenvalue weighted by Gasteiger charge is -2.30. The molecule has 0 saturated heterocycles. The van der Waals surface area contributed by atoms with Crippen molar-refractivity contribution < 1.29 is 0 Å². The van der Waals surface area contributed by atoms with Gasteiger partial charge in [0.15, 0.2) is 0 Å². The van der Waals surface area contributed by atoms with Crippen molar-refractivity contribution >= 4 is 73.4 Å². The summed E-state index contributed by atoms with van der Waals surface area (Å²) in [6.45, 7) is 4.37. The number of anilines is 6. The molecule has 0 spiro atoms. The lowest BCUT2D eigenvalue weighted by atomic mass is 9.71. The Morgan fingerprint density at radius 1 is 0.478 bits per heavy atom. The van der Waals surface area contributed by atoms with E-state index in [1.807, 2.05) is 0 Å². The number of benzene rings is 7. The van der Waals surface area contributed by atoms with Crippen LogP contribution in [0.15, 0.2) is 158 Å². The zero-order chi connectivity index (χ0) is 30.8. The average molecular weight is 590 g/mol. The molecule has 9 rings (SSSR count). The van der Waals surface area contributed by atoms with E-state index in [0.29, 0.717) is 0 Å². The van der Waals surface area contributed by atoms with Crippen LogP contribution in [0, 0.1) is 13.8 Å². The number of rotatable bonds is 4. The van der Waals surface area contributed by atoms with Gasteiger partial charge in [0.1, 0.15) is 0 Å². The lowest BCUT2D eigenvalue weighted by molar-refractivity contribution is 1.28. The van der Waals surface area contributed by atoms with Gasteiger partial charge in [-0.05, 0) is 96.2 Å². The molecule has 0 bridgehead atoms. The number of hydrogen-bond acceptors (Lipinski definition) is 3. The first kappa shape index (κ1) is 26.6. The van der Waals surface area contributed by atoms with Crippen molar-refractivity contribution in [3.05, 3.63) is 169 Å². The molecule has 2 heterocycles. The van der Waals surface area contributed by atoms with Gasteiger partial charge in [-0.25, -0.2) is 0 Å². The molecule has 0 atom stereocenters. The minimum atomic E-state index is 0.0763. The standard InChI is InChI=1S/C42H32BN3/c1-29-17-21-31(22-18-29)45(32-23-19-30(2)20-24-32)41-27-37-34-12-4-6-14-36(34)42(28-38(37)33-11-3-5-13-35(33)41)46-40-16-8-7-15-39(40)44-26-10-9-25-43(44)46/h3-28H,1-2H3. The van der Waals surface area contributed by atoms with Gasteiger partial charge in [-0.2, -0.15) is 0 Å². The number of hydrogen-bond donors (Lipinski definition) is 0. The lowest BCUT2D eigenvalue weighted by Crippen LogP contribution is -2.42. The molecular formula is C42H32BN3. The van der Waals surface area contributed by atoms with E-state index < -0.39 is 0 Å². The van der Waals surface area contributed by atoms with Gasteiger partial charge in [-0.1, -0.05) is 108 Å². The molecule has 7 aromatic rings. The van der Waals surface area contributed by atoms with Gasteiger partial charge in [-0.15, -0.1) is 0 Å². The fraction of sp³-hybridized carbons (Fsp3) is 0.0476. The Morgan fingerprint density at radius 2 is 1.02 bits per heavy atom. The first-order chi connectivity index (χ1) is 22.7. The van der Waals surface area contributed by atoms with Crippen LogP contribution < -0.4 is 14.5 Å². The Labute approximate surface area is 270 Å². The van der Waals surface area contributed by atoms with Crippen LogP contribution in [-0.2, 0) is 0 Å². The Hall–Kier alpha value is -5.74. The van der Waals surface area contributed by atoms with Crippen LogP contribution in [0.4, 0.5) is 34.1 Å². The van der Waals surface area contributed by atoms with Crippen LogP contribution >= 0.6 is 0 Å². The zero-order valence-corrected chi connectivity index (χ0v) is 25.9. The molecule has 0 saturated carbocycles. The summed E-state index contributed by atoms with van der Waals surface area (Å²) in [7, 11) is 0. The van der Waals surface area contributed by atoms with E-state index in [0.717, 1.165) is 11.4 Å². The molecule has 0 N–H and O–H groups in total. The Bertz CT molecular complexity index is 2310. The van der Waals surface area contributed by atoms with Crippen LogP contribution in [0.25, 0.3) is 32.3 Å². The molecular weight excluding hydrogens is 557 g/mol. The molecule has 0 fully saturated rings. The van der Waals surface area contributed by atoms with Gasteiger partial charge in [0.05, 0.1) is 17.1 Å². The second-order valence-corrected chi connectivity index (χ2v) is 12.4. The van der Waals surface area contributed by atoms with Gasteiger partial charge in [0.25, 0.3) is 0 Å². The Kier molecular flexibility index (Phi) is 6.04. The van der Waals surface area contributed by atoms with Gasteiger partial charge in [0, 0.05) is 27.8 Å². The predicted molar refractivity (Wildman–Crippen MR) is 198 cm³/mol. The quantitative estimate of drug-likeness (QED) is 0.149. The normalized spacial score (nSPS) is 13.6. The summed E-state index contributed by atoms with van der Waals surface area (Å²) in [6.07, 6.45) is 6.48. The fourth-order valence-corrected chi connectivity index (χ4v) is 7.33. The van der Waals surface area contributed by atoms with E-state index in [9.17, 15) is 0 Å². The van der Waals surface area contributed by atoms with Crippen LogP contribution in [0.3, 0.4) is 0 Å². The maximum Gasteiger partial charge on any atom is 0.412 e. The average Bonchev–Trinajstić information content (AvgIpc) is 3.44. The van der Waals surface area contributed by atoms with Gasteiger partial charge < -0.3 is 14.5 Å². The molecule has 2 aliphatic rings. The molecule has 4 heteroatoms. The number of allylic oxidation sites excluding steroid dienone is 2. The highest BCUT2D eigenvalue weighted by Gasteiger charge is 2.40. The van der Waals surface area contributed by atoms with Crippen molar-refractivity contribution in [2.24, 2.45) is 0 Å². The molecule has 0 amide bonds. The van der Waals surface area contributed by atoms with Crippen LogP contribution in [0.2, 0.25) is 0 Å². The zero-order valence-electron chi connectivity index (χ0n) is 25.9. The molecule has 0 aromatic heterocycles. The molecule has 3 nitrogen and oxygen atoms in total. The molecule has 46 heavy (non-hydrogen) atoms. The topological polar surface area (TPSA) is 9.72 Å². The molecule has 0 aliphatic carbocycles. The summed E-state index contributed by atoms with van der Waals surface area (Å²) in [5, 5.41) is 7.47. The largest absolute Gasteiger partial charge is 0.412 e. The van der Waals surface area contributed by atoms with Crippen LogP contribution in [0.5, 0.6) is 0 Å². The van der Waals surface area contributed by atoms with Crippen molar-refractivity contribution in [2.45, 2.75) is 13.8 Å². The molecule has 7 aromatic carbocycles. The van der Waals surface area contributed by atoms with Gasteiger partial charge in [-0.3, -0.25) is 0 Å². The molecule has 0 radical (unpaired) electrons. The van der Waals surface area contributed by atoms with Gasteiger partial charge in [0.2, 0.25) is 0 Å². The summed E-state index contributed by atoms with van der Waals surface area (Å²) in [5.41, 5.74) is 9.63. The summed E-state index contributed by atoms with van der Waals surface area (Å²) in [4.78, 5) is 7.29. The van der Waals surface area contributed by atoms with E-state index in [1.165, 1.54) is 66.2 Å². The monoisotopic (exact) mass is 589 g/mol. The summed E-state index contributed by atoms with van der Waals surface area (Å²) in [6, 6.07) is 49.1.